The number of hydrogen-bond donors (Lipinski definition) is 3. The molecule has 7 nitrogen and oxygen atoms in total. The first-order valence-corrected chi connectivity index (χ1v) is 6.49. The van der Waals surface area contributed by atoms with Crippen molar-refractivity contribution < 1.29 is 18.3 Å². The van der Waals surface area contributed by atoms with E-state index in [-0.39, 0.29) is 10.9 Å². The van der Waals surface area contributed by atoms with Crippen LogP contribution in [0.4, 0.5) is 0 Å². The van der Waals surface area contributed by atoms with Crippen LogP contribution in [0.15, 0.2) is 11.2 Å². The molecule has 96 valence electrons. The van der Waals surface area contributed by atoms with Crippen LogP contribution < -0.4 is 4.72 Å². The van der Waals surface area contributed by atoms with Crippen LogP contribution in [0, 0.1) is 12.8 Å². The van der Waals surface area contributed by atoms with Gasteiger partial charge < -0.3 is 10.1 Å². The topological polar surface area (TPSA) is 112 Å². The van der Waals surface area contributed by atoms with Gasteiger partial charge in [0.1, 0.15) is 11.9 Å². The smallest absolute Gasteiger partial charge is 0.322 e. The standard InChI is InChI=1S/C9H15N3O4S/c1-5(2)8(9(13)14)12-17(15,16)7-4-10-6(3)11-7/h4-5,8,12H,1-3H3,(H,10,11)(H,13,14). The first-order chi connectivity index (χ1) is 7.74. The molecule has 0 aliphatic rings. The molecule has 0 saturated carbocycles. The fourth-order valence-electron chi connectivity index (χ4n) is 1.24. The Morgan fingerprint density at radius 1 is 1.53 bits per heavy atom. The van der Waals surface area contributed by atoms with Gasteiger partial charge in [-0.1, -0.05) is 13.8 Å². The number of hydrogen-bond acceptors (Lipinski definition) is 4. The highest BCUT2D eigenvalue weighted by atomic mass is 32.2. The molecule has 0 spiro atoms. The van der Waals surface area contributed by atoms with Gasteiger partial charge in [0.25, 0.3) is 10.0 Å². The lowest BCUT2D eigenvalue weighted by Crippen LogP contribution is -2.44. The number of nitrogens with one attached hydrogen (secondary N) is 2. The van der Waals surface area contributed by atoms with Crippen LogP contribution in [0.3, 0.4) is 0 Å². The summed E-state index contributed by atoms with van der Waals surface area (Å²) in [5.74, 6) is -1.12. The monoisotopic (exact) mass is 261 g/mol. The Morgan fingerprint density at radius 2 is 2.12 bits per heavy atom. The molecule has 1 aromatic rings. The molecule has 0 bridgehead atoms. The van der Waals surface area contributed by atoms with Crippen molar-refractivity contribution in [1.29, 1.82) is 0 Å². The highest BCUT2D eigenvalue weighted by Gasteiger charge is 2.28. The number of carboxylic acid groups (broad SMARTS) is 1. The molecule has 8 heteroatoms. The number of nitrogens with zero attached hydrogens (tertiary/aromatic N) is 1. The van der Waals surface area contributed by atoms with Gasteiger partial charge in [-0.15, -0.1) is 0 Å². The Hall–Kier alpha value is -1.41. The number of carboxylic acids is 1. The van der Waals surface area contributed by atoms with Gasteiger partial charge >= 0.3 is 5.97 Å². The van der Waals surface area contributed by atoms with E-state index in [4.69, 9.17) is 5.11 Å². The molecule has 1 rings (SSSR count). The Bertz CT molecular complexity index is 506. The van der Waals surface area contributed by atoms with E-state index in [2.05, 4.69) is 14.7 Å². The van der Waals surface area contributed by atoms with E-state index >= 15 is 0 Å². The minimum Gasteiger partial charge on any atom is -0.480 e. The molecule has 1 atom stereocenters. The average molecular weight is 261 g/mol. The van der Waals surface area contributed by atoms with E-state index in [1.807, 2.05) is 0 Å². The quantitative estimate of drug-likeness (QED) is 0.696. The van der Waals surface area contributed by atoms with Crippen molar-refractivity contribution in [2.75, 3.05) is 0 Å². The lowest BCUT2D eigenvalue weighted by Gasteiger charge is -2.17. The van der Waals surface area contributed by atoms with E-state index in [1.165, 1.54) is 0 Å². The third kappa shape index (κ3) is 3.27. The van der Waals surface area contributed by atoms with E-state index < -0.39 is 22.0 Å². The van der Waals surface area contributed by atoms with Crippen molar-refractivity contribution in [2.24, 2.45) is 5.92 Å². The van der Waals surface area contributed by atoms with Crippen LogP contribution in [0.25, 0.3) is 0 Å². The Morgan fingerprint density at radius 3 is 2.47 bits per heavy atom. The molecule has 0 aromatic carbocycles. The van der Waals surface area contributed by atoms with Gasteiger partial charge in [0.15, 0.2) is 5.03 Å². The molecular formula is C9H15N3O4S. The normalized spacial score (nSPS) is 13.9. The average Bonchev–Trinajstić information content (AvgIpc) is 2.61. The van der Waals surface area contributed by atoms with Crippen LogP contribution in [0.1, 0.15) is 19.7 Å². The number of imidazole rings is 1. The highest BCUT2D eigenvalue weighted by Crippen LogP contribution is 2.09. The van der Waals surface area contributed by atoms with Crippen molar-refractivity contribution in [1.82, 2.24) is 14.7 Å². The molecule has 0 aliphatic carbocycles. The predicted octanol–water partition coefficient (Wildman–Crippen LogP) is 0.106. The zero-order chi connectivity index (χ0) is 13.2. The SMILES string of the molecule is Cc1ncc(S(=O)(=O)NC(C(=O)O)C(C)C)[nH]1. The lowest BCUT2D eigenvalue weighted by atomic mass is 10.1. The van der Waals surface area contributed by atoms with Crippen molar-refractivity contribution in [3.63, 3.8) is 0 Å². The second-order valence-corrected chi connectivity index (χ2v) is 5.70. The maximum Gasteiger partial charge on any atom is 0.322 e. The number of rotatable bonds is 5. The highest BCUT2D eigenvalue weighted by molar-refractivity contribution is 7.89. The number of sulfonamides is 1. The summed E-state index contributed by atoms with van der Waals surface area (Å²) in [4.78, 5) is 17.2. The molecule has 0 amide bonds. The molecule has 1 heterocycles. The number of aromatic nitrogens is 2. The second-order valence-electron chi connectivity index (χ2n) is 4.01. The van der Waals surface area contributed by atoms with Crippen LogP contribution in [0.5, 0.6) is 0 Å². The lowest BCUT2D eigenvalue weighted by molar-refractivity contribution is -0.140. The van der Waals surface area contributed by atoms with Gasteiger partial charge in [-0.25, -0.2) is 13.4 Å². The Labute approximate surface area is 99.3 Å². The zero-order valence-corrected chi connectivity index (χ0v) is 10.6. The van der Waals surface area contributed by atoms with Crippen molar-refractivity contribution in [2.45, 2.75) is 31.8 Å². The van der Waals surface area contributed by atoms with E-state index in [1.54, 1.807) is 20.8 Å². The van der Waals surface area contributed by atoms with Gasteiger partial charge in [-0.2, -0.15) is 4.72 Å². The summed E-state index contributed by atoms with van der Waals surface area (Å²) in [6.07, 6.45) is 1.15. The summed E-state index contributed by atoms with van der Waals surface area (Å²) < 4.78 is 25.8. The molecule has 0 radical (unpaired) electrons. The first kappa shape index (κ1) is 13.7. The fourth-order valence-corrected chi connectivity index (χ4v) is 2.54. The van der Waals surface area contributed by atoms with Crippen molar-refractivity contribution in [3.05, 3.63) is 12.0 Å². The largest absolute Gasteiger partial charge is 0.480 e. The third-order valence-electron chi connectivity index (χ3n) is 2.18. The third-order valence-corrected chi connectivity index (χ3v) is 3.53. The van der Waals surface area contributed by atoms with Crippen molar-refractivity contribution in [3.8, 4) is 0 Å². The number of carbonyl (C=O) groups is 1. The van der Waals surface area contributed by atoms with Gasteiger partial charge in [-0.3, -0.25) is 4.79 Å². The zero-order valence-electron chi connectivity index (χ0n) is 9.76. The minimum atomic E-state index is -3.88. The maximum absolute atomic E-state index is 11.8. The summed E-state index contributed by atoms with van der Waals surface area (Å²) in [7, 11) is -3.88. The molecule has 17 heavy (non-hydrogen) atoms. The molecule has 3 N–H and O–H groups in total. The van der Waals surface area contributed by atoms with Gasteiger partial charge in [0.05, 0.1) is 6.20 Å². The van der Waals surface area contributed by atoms with Gasteiger partial charge in [0, 0.05) is 0 Å². The summed E-state index contributed by atoms with van der Waals surface area (Å²) in [5.41, 5.74) is 0. The number of aliphatic carboxylic acids is 1. The molecule has 1 unspecified atom stereocenters. The van der Waals surface area contributed by atoms with Crippen LogP contribution >= 0.6 is 0 Å². The number of aryl methyl sites for hydroxylation is 1. The fraction of sp³-hybridized carbons (Fsp3) is 0.556. The molecular weight excluding hydrogens is 246 g/mol. The summed E-state index contributed by atoms with van der Waals surface area (Å²) in [6.45, 7) is 4.86. The van der Waals surface area contributed by atoms with Crippen LogP contribution in [-0.2, 0) is 14.8 Å². The summed E-state index contributed by atoms with van der Waals surface area (Å²) in [5, 5.41) is 8.77. The number of H-pyrrole nitrogens is 1. The Balaban J connectivity index is 2.97. The molecule has 1 aromatic heterocycles. The molecule has 0 aliphatic heterocycles. The maximum atomic E-state index is 11.8. The first-order valence-electron chi connectivity index (χ1n) is 5.01. The van der Waals surface area contributed by atoms with Gasteiger partial charge in [-0.05, 0) is 12.8 Å². The predicted molar refractivity (Wildman–Crippen MR) is 59.9 cm³/mol. The van der Waals surface area contributed by atoms with E-state index in [0.29, 0.717) is 5.82 Å². The molecule has 0 fully saturated rings. The van der Waals surface area contributed by atoms with E-state index in [0.717, 1.165) is 6.20 Å². The van der Waals surface area contributed by atoms with Crippen molar-refractivity contribution >= 4 is 16.0 Å². The van der Waals surface area contributed by atoms with Crippen LogP contribution in [0.2, 0.25) is 0 Å². The van der Waals surface area contributed by atoms with Crippen LogP contribution in [-0.4, -0.2) is 35.5 Å². The summed E-state index contributed by atoms with van der Waals surface area (Å²) >= 11 is 0. The number of aromatic amines is 1. The minimum absolute atomic E-state index is 0.137. The second kappa shape index (κ2) is 4.84. The molecule has 0 saturated heterocycles. The van der Waals surface area contributed by atoms with E-state index in [9.17, 15) is 13.2 Å². The van der Waals surface area contributed by atoms with Gasteiger partial charge in [0.2, 0.25) is 0 Å². The summed E-state index contributed by atoms with van der Waals surface area (Å²) in [6, 6.07) is -1.16. The Kier molecular flexibility index (Phi) is 3.89.